The van der Waals surface area contributed by atoms with Crippen molar-refractivity contribution >= 4 is 12.2 Å². The van der Waals surface area contributed by atoms with Crippen LogP contribution in [0.1, 0.15) is 12.6 Å². The molecule has 0 amide bonds. The Morgan fingerprint density at radius 1 is 1.73 bits per heavy atom. The molecule has 15 heavy (non-hydrogen) atoms. The zero-order valence-electron chi connectivity index (χ0n) is 8.91. The molecule has 0 radical (unpaired) electrons. The van der Waals surface area contributed by atoms with E-state index >= 15 is 0 Å². The summed E-state index contributed by atoms with van der Waals surface area (Å²) in [6, 6.07) is 0. The van der Waals surface area contributed by atoms with E-state index in [-0.39, 0.29) is 5.95 Å². The summed E-state index contributed by atoms with van der Waals surface area (Å²) < 4.78 is 1.49. The lowest BCUT2D eigenvalue weighted by Crippen LogP contribution is -2.07. The van der Waals surface area contributed by atoms with Crippen molar-refractivity contribution in [3.8, 4) is 0 Å². The molecular formula is C8H13N5O2. The molecule has 0 saturated heterocycles. The highest BCUT2D eigenvalue weighted by Crippen LogP contribution is 2.11. The molecular weight excluding hydrogens is 198 g/mol. The Bertz CT molecular complexity index is 382. The first-order valence-corrected chi connectivity index (χ1v) is 4.47. The van der Waals surface area contributed by atoms with Gasteiger partial charge < -0.3 is 15.1 Å². The Morgan fingerprint density at radius 2 is 2.40 bits per heavy atom. The molecule has 0 aliphatic heterocycles. The van der Waals surface area contributed by atoms with E-state index in [4.69, 9.17) is 0 Å². The van der Waals surface area contributed by atoms with Crippen molar-refractivity contribution < 1.29 is 4.92 Å². The van der Waals surface area contributed by atoms with Crippen molar-refractivity contribution in [2.75, 3.05) is 14.1 Å². The molecule has 0 N–H and O–H groups in total. The molecule has 0 atom stereocenters. The maximum Gasteiger partial charge on any atom is 0.435 e. The number of hydrogen-bond acceptors (Lipinski definition) is 5. The van der Waals surface area contributed by atoms with Crippen molar-refractivity contribution in [2.45, 2.75) is 13.5 Å². The van der Waals surface area contributed by atoms with Crippen LogP contribution in [0.2, 0.25) is 0 Å². The molecule has 0 unspecified atom stereocenters. The number of hydrogen-bond donors (Lipinski definition) is 0. The van der Waals surface area contributed by atoms with Gasteiger partial charge in [-0.05, 0) is 11.8 Å². The van der Waals surface area contributed by atoms with Crippen LogP contribution in [0.3, 0.4) is 0 Å². The highest BCUT2D eigenvalue weighted by atomic mass is 16.6. The van der Waals surface area contributed by atoms with Crippen LogP contribution in [0.5, 0.6) is 0 Å². The fraction of sp³-hybridized carbons (Fsp3) is 0.500. The summed E-state index contributed by atoms with van der Waals surface area (Å²) >= 11 is 0. The second-order valence-electron chi connectivity index (χ2n) is 3.08. The lowest BCUT2D eigenvalue weighted by atomic mass is 10.5. The first-order valence-electron chi connectivity index (χ1n) is 4.47. The van der Waals surface area contributed by atoms with E-state index in [0.29, 0.717) is 12.2 Å². The van der Waals surface area contributed by atoms with Crippen LogP contribution in [-0.2, 0) is 6.54 Å². The minimum absolute atomic E-state index is 0.155. The zero-order chi connectivity index (χ0) is 11.4. The molecule has 0 spiro atoms. The Morgan fingerprint density at radius 3 is 2.87 bits per heavy atom. The fourth-order valence-corrected chi connectivity index (χ4v) is 1.13. The van der Waals surface area contributed by atoms with Gasteiger partial charge in [0.25, 0.3) is 0 Å². The topological polar surface area (TPSA) is 76.6 Å². The highest BCUT2D eigenvalue weighted by molar-refractivity contribution is 5.77. The maximum absolute atomic E-state index is 10.6. The van der Waals surface area contributed by atoms with Crippen molar-refractivity contribution in [2.24, 2.45) is 5.10 Å². The molecule has 0 saturated carbocycles. The van der Waals surface area contributed by atoms with E-state index in [1.165, 1.54) is 10.8 Å². The zero-order valence-corrected chi connectivity index (χ0v) is 8.91. The molecule has 1 heterocycles. The van der Waals surface area contributed by atoms with Crippen molar-refractivity contribution in [1.82, 2.24) is 14.6 Å². The molecule has 0 bridgehead atoms. The van der Waals surface area contributed by atoms with Gasteiger partial charge in [0.1, 0.15) is 6.20 Å². The predicted octanol–water partition coefficient (Wildman–Crippen LogP) is 0.707. The van der Waals surface area contributed by atoms with Gasteiger partial charge in [-0.25, -0.2) is 4.57 Å². The number of hydrazone groups is 1. The van der Waals surface area contributed by atoms with Gasteiger partial charge in [-0.15, -0.1) is 0 Å². The first kappa shape index (κ1) is 11.2. The minimum atomic E-state index is -0.503. The summed E-state index contributed by atoms with van der Waals surface area (Å²) in [5.41, 5.74) is 0.623. The first-order chi connectivity index (χ1) is 7.06. The average molecular weight is 211 g/mol. The highest BCUT2D eigenvalue weighted by Gasteiger charge is 2.17. The van der Waals surface area contributed by atoms with Crippen molar-refractivity contribution in [1.29, 1.82) is 0 Å². The number of nitro groups is 1. The van der Waals surface area contributed by atoms with Gasteiger partial charge in [0, 0.05) is 14.1 Å². The van der Waals surface area contributed by atoms with E-state index in [9.17, 15) is 10.1 Å². The van der Waals surface area contributed by atoms with Crippen LogP contribution in [0, 0.1) is 10.1 Å². The molecule has 0 aliphatic rings. The van der Waals surface area contributed by atoms with E-state index in [0.717, 1.165) is 0 Å². The molecule has 1 aromatic rings. The van der Waals surface area contributed by atoms with E-state index in [1.54, 1.807) is 25.3 Å². The van der Waals surface area contributed by atoms with E-state index < -0.39 is 4.92 Å². The maximum atomic E-state index is 10.6. The number of nitrogens with zero attached hydrogens (tertiary/aromatic N) is 5. The Kier molecular flexibility index (Phi) is 3.37. The second kappa shape index (κ2) is 4.54. The van der Waals surface area contributed by atoms with Crippen LogP contribution in [0.25, 0.3) is 0 Å². The van der Waals surface area contributed by atoms with Crippen LogP contribution in [0.4, 0.5) is 5.95 Å². The largest absolute Gasteiger partial charge is 0.435 e. The van der Waals surface area contributed by atoms with Crippen molar-refractivity contribution in [3.05, 3.63) is 22.0 Å². The molecule has 1 aromatic heterocycles. The third-order valence-electron chi connectivity index (χ3n) is 1.77. The summed E-state index contributed by atoms with van der Waals surface area (Å²) in [5, 5.41) is 16.2. The molecule has 7 heteroatoms. The van der Waals surface area contributed by atoms with Gasteiger partial charge >= 0.3 is 5.95 Å². The monoisotopic (exact) mass is 211 g/mol. The summed E-state index contributed by atoms with van der Waals surface area (Å²) in [6.07, 6.45) is 2.98. The number of aromatic nitrogens is 2. The number of rotatable bonds is 4. The van der Waals surface area contributed by atoms with Crippen LogP contribution in [-0.4, -0.2) is 39.8 Å². The quantitative estimate of drug-likeness (QED) is 0.417. The van der Waals surface area contributed by atoms with Gasteiger partial charge in [-0.1, -0.05) is 4.98 Å². The van der Waals surface area contributed by atoms with Gasteiger partial charge in [-0.3, -0.25) is 0 Å². The Hall–Kier alpha value is -1.92. The average Bonchev–Trinajstić information content (AvgIpc) is 2.57. The summed E-state index contributed by atoms with van der Waals surface area (Å²) in [4.78, 5) is 13.8. The minimum Gasteiger partial charge on any atom is -0.390 e. The Labute approximate surface area is 87.2 Å². The summed E-state index contributed by atoms with van der Waals surface area (Å²) in [7, 11) is 3.55. The SMILES string of the molecule is CCn1c(/C=N/N(C)C)cnc1[N+](=O)[O-]. The summed E-state index contributed by atoms with van der Waals surface area (Å²) in [5.74, 6) is -0.155. The standard InChI is InChI=1S/C8H13N5O2/c1-4-12-7(6-10-11(2)3)5-9-8(12)13(14)15/h5-6H,4H2,1-3H3/b10-6+. The molecule has 0 fully saturated rings. The predicted molar refractivity (Wildman–Crippen MR) is 55.8 cm³/mol. The van der Waals surface area contributed by atoms with Crippen LogP contribution in [0.15, 0.2) is 11.3 Å². The smallest absolute Gasteiger partial charge is 0.390 e. The number of imidazole rings is 1. The molecule has 82 valence electrons. The molecule has 1 rings (SSSR count). The van der Waals surface area contributed by atoms with Gasteiger partial charge in [0.15, 0.2) is 5.69 Å². The fourth-order valence-electron chi connectivity index (χ4n) is 1.13. The third-order valence-corrected chi connectivity index (χ3v) is 1.77. The van der Waals surface area contributed by atoms with Gasteiger partial charge in [0.2, 0.25) is 0 Å². The normalized spacial score (nSPS) is 10.9. The van der Waals surface area contributed by atoms with E-state index in [1.807, 2.05) is 6.92 Å². The lowest BCUT2D eigenvalue weighted by molar-refractivity contribution is -0.396. The molecule has 0 aromatic carbocycles. The van der Waals surface area contributed by atoms with Crippen LogP contribution < -0.4 is 0 Å². The van der Waals surface area contributed by atoms with Gasteiger partial charge in [0.05, 0.1) is 12.8 Å². The van der Waals surface area contributed by atoms with Crippen molar-refractivity contribution in [3.63, 3.8) is 0 Å². The van der Waals surface area contributed by atoms with E-state index in [2.05, 4.69) is 10.1 Å². The lowest BCUT2D eigenvalue weighted by Gasteiger charge is -2.02. The van der Waals surface area contributed by atoms with Crippen LogP contribution >= 0.6 is 0 Å². The van der Waals surface area contributed by atoms with Gasteiger partial charge in [-0.2, -0.15) is 5.10 Å². The Balaban J connectivity index is 3.04. The molecule has 0 aliphatic carbocycles. The molecule has 7 nitrogen and oxygen atoms in total. The second-order valence-corrected chi connectivity index (χ2v) is 3.08. The summed E-state index contributed by atoms with van der Waals surface area (Å²) in [6.45, 7) is 2.31. The third kappa shape index (κ3) is 2.52.